The topological polar surface area (TPSA) is 75.8 Å². The molecule has 0 radical (unpaired) electrons. The van der Waals surface area contributed by atoms with Crippen molar-refractivity contribution in [1.82, 2.24) is 25.2 Å². The first-order valence-corrected chi connectivity index (χ1v) is 8.03. The average molecular weight is 506 g/mol. The van der Waals surface area contributed by atoms with Gasteiger partial charge < -0.3 is 15.4 Å². The number of guanidine groups is 1. The summed E-state index contributed by atoms with van der Waals surface area (Å²) >= 11 is 0. The van der Waals surface area contributed by atoms with E-state index in [1.54, 1.807) is 19.2 Å². The van der Waals surface area contributed by atoms with Gasteiger partial charge in [0.1, 0.15) is 5.75 Å². The summed E-state index contributed by atoms with van der Waals surface area (Å²) in [7, 11) is 1.56. The van der Waals surface area contributed by atoms with Crippen LogP contribution < -0.4 is 15.4 Å². The molecule has 0 spiro atoms. The fourth-order valence-corrected chi connectivity index (χ4v) is 2.45. The van der Waals surface area contributed by atoms with E-state index in [0.717, 1.165) is 5.65 Å². The van der Waals surface area contributed by atoms with Gasteiger partial charge in [-0.15, -0.1) is 47.3 Å². The minimum absolute atomic E-state index is 0. The number of pyridine rings is 1. The molecule has 28 heavy (non-hydrogen) atoms. The van der Waals surface area contributed by atoms with E-state index in [0.29, 0.717) is 23.9 Å². The summed E-state index contributed by atoms with van der Waals surface area (Å²) in [6, 6.07) is 11.5. The van der Waals surface area contributed by atoms with E-state index in [1.807, 2.05) is 28.8 Å². The van der Waals surface area contributed by atoms with E-state index >= 15 is 0 Å². The van der Waals surface area contributed by atoms with Crippen LogP contribution in [0, 0.1) is 0 Å². The smallest absolute Gasteiger partial charge is 0.405 e. The Morgan fingerprint density at radius 1 is 1.07 bits per heavy atom. The number of nitrogens with one attached hydrogen (secondary N) is 2. The number of nitrogens with zero attached hydrogens (tertiary/aromatic N) is 4. The van der Waals surface area contributed by atoms with Gasteiger partial charge in [-0.25, -0.2) is 0 Å². The first-order chi connectivity index (χ1) is 13.0. The fraction of sp³-hybridized carbons (Fsp3) is 0.235. The lowest BCUT2D eigenvalue weighted by Crippen LogP contribution is -2.37. The summed E-state index contributed by atoms with van der Waals surface area (Å²) in [4.78, 5) is 4.06. The van der Waals surface area contributed by atoms with Gasteiger partial charge in [0.05, 0.1) is 6.54 Å². The third-order valence-corrected chi connectivity index (χ3v) is 3.67. The summed E-state index contributed by atoms with van der Waals surface area (Å²) in [5.74, 6) is 0.829. The van der Waals surface area contributed by atoms with Gasteiger partial charge in [-0.2, -0.15) is 0 Å². The average Bonchev–Trinajstić information content (AvgIpc) is 3.05. The second-order valence-electron chi connectivity index (χ2n) is 5.48. The van der Waals surface area contributed by atoms with Crippen LogP contribution in [-0.2, 0) is 13.1 Å². The van der Waals surface area contributed by atoms with Crippen molar-refractivity contribution < 1.29 is 17.9 Å². The Balaban J connectivity index is 0.00000280. The Kier molecular flexibility index (Phi) is 7.43. The number of fused-ring (bicyclic) bond motifs is 1. The highest BCUT2D eigenvalue weighted by Gasteiger charge is 2.31. The highest BCUT2D eigenvalue weighted by atomic mass is 127. The number of hydrogen-bond acceptors (Lipinski definition) is 4. The normalized spacial score (nSPS) is 11.8. The van der Waals surface area contributed by atoms with Gasteiger partial charge in [-0.1, -0.05) is 24.3 Å². The molecule has 0 aliphatic rings. The molecule has 7 nitrogen and oxygen atoms in total. The quantitative estimate of drug-likeness (QED) is 0.316. The van der Waals surface area contributed by atoms with Gasteiger partial charge in [0, 0.05) is 25.4 Å². The number of para-hydroxylation sites is 1. The second-order valence-corrected chi connectivity index (χ2v) is 5.48. The minimum atomic E-state index is -4.75. The lowest BCUT2D eigenvalue weighted by molar-refractivity contribution is -0.274. The molecule has 1 aromatic carbocycles. The molecule has 2 aromatic heterocycles. The molecule has 3 aromatic rings. The van der Waals surface area contributed by atoms with Gasteiger partial charge >= 0.3 is 6.36 Å². The number of benzene rings is 1. The van der Waals surface area contributed by atoms with Crippen molar-refractivity contribution in [3.8, 4) is 5.75 Å². The zero-order chi connectivity index (χ0) is 19.3. The molecule has 0 atom stereocenters. The molecule has 0 bridgehead atoms. The van der Waals surface area contributed by atoms with Crippen LogP contribution >= 0.6 is 24.0 Å². The molecular formula is C17H18F3IN6O. The van der Waals surface area contributed by atoms with Crippen LogP contribution in [0.3, 0.4) is 0 Å². The van der Waals surface area contributed by atoms with Gasteiger partial charge in [-0.3, -0.25) is 9.39 Å². The molecule has 2 N–H and O–H groups in total. The first-order valence-electron chi connectivity index (χ1n) is 8.03. The summed E-state index contributed by atoms with van der Waals surface area (Å²) in [6.07, 6.45) is -2.90. The summed E-state index contributed by atoms with van der Waals surface area (Å²) < 4.78 is 43.4. The number of aromatic nitrogens is 3. The number of rotatable bonds is 5. The summed E-state index contributed by atoms with van der Waals surface area (Å²) in [5, 5.41) is 14.2. The molecule has 0 saturated carbocycles. The number of hydrogen-bond donors (Lipinski definition) is 2. The Morgan fingerprint density at radius 3 is 2.54 bits per heavy atom. The number of ether oxygens (including phenoxy) is 1. The zero-order valence-electron chi connectivity index (χ0n) is 14.8. The highest BCUT2D eigenvalue weighted by Crippen LogP contribution is 2.26. The molecule has 0 amide bonds. The van der Waals surface area contributed by atoms with Crippen LogP contribution in [0.2, 0.25) is 0 Å². The van der Waals surface area contributed by atoms with Gasteiger partial charge in [-0.05, 0) is 18.2 Å². The van der Waals surface area contributed by atoms with Crippen LogP contribution in [0.25, 0.3) is 5.65 Å². The maximum Gasteiger partial charge on any atom is 0.573 e. The van der Waals surface area contributed by atoms with E-state index in [4.69, 9.17) is 0 Å². The lowest BCUT2D eigenvalue weighted by Gasteiger charge is -2.15. The summed E-state index contributed by atoms with van der Waals surface area (Å²) in [6.45, 7) is 0.443. The van der Waals surface area contributed by atoms with Gasteiger partial charge in [0.2, 0.25) is 0 Å². The van der Waals surface area contributed by atoms with Crippen molar-refractivity contribution in [3.63, 3.8) is 0 Å². The molecule has 150 valence electrons. The lowest BCUT2D eigenvalue weighted by atomic mass is 10.2. The zero-order valence-corrected chi connectivity index (χ0v) is 17.1. The highest BCUT2D eigenvalue weighted by molar-refractivity contribution is 14.0. The molecule has 3 rings (SSSR count). The van der Waals surface area contributed by atoms with Gasteiger partial charge in [0.25, 0.3) is 0 Å². The van der Waals surface area contributed by atoms with Crippen molar-refractivity contribution in [3.05, 3.63) is 60.0 Å². The van der Waals surface area contributed by atoms with Crippen LogP contribution in [0.15, 0.2) is 53.7 Å². The predicted molar refractivity (Wildman–Crippen MR) is 109 cm³/mol. The molecule has 2 heterocycles. The van der Waals surface area contributed by atoms with Crippen molar-refractivity contribution in [2.45, 2.75) is 19.5 Å². The Bertz CT molecular complexity index is 944. The minimum Gasteiger partial charge on any atom is -0.405 e. The molecule has 0 unspecified atom stereocenters. The molecule has 11 heteroatoms. The monoisotopic (exact) mass is 506 g/mol. The van der Waals surface area contributed by atoms with Crippen molar-refractivity contribution in [2.24, 2.45) is 4.99 Å². The van der Waals surface area contributed by atoms with Crippen LogP contribution in [-0.4, -0.2) is 34.0 Å². The van der Waals surface area contributed by atoms with Crippen molar-refractivity contribution in [1.29, 1.82) is 0 Å². The van der Waals surface area contributed by atoms with E-state index in [1.165, 1.54) is 12.1 Å². The van der Waals surface area contributed by atoms with E-state index in [-0.39, 0.29) is 36.3 Å². The molecule has 0 saturated heterocycles. The number of aliphatic imine (C=N–C) groups is 1. The largest absolute Gasteiger partial charge is 0.573 e. The van der Waals surface area contributed by atoms with E-state index < -0.39 is 6.36 Å². The Hall–Kier alpha value is -2.57. The van der Waals surface area contributed by atoms with Crippen LogP contribution in [0.5, 0.6) is 5.75 Å². The standard InChI is InChI=1S/C17H17F3N6O.HI/c1-21-16(23-11-15-25-24-14-8-4-5-9-26(14)15)22-10-12-6-2-3-7-13(12)27-17(18,19)20;/h2-9H,10-11H2,1H3,(H2,21,22,23);1H. The number of alkyl halides is 3. The third kappa shape index (κ3) is 5.71. The third-order valence-electron chi connectivity index (χ3n) is 3.67. The maximum atomic E-state index is 12.5. The second kappa shape index (κ2) is 9.57. The van der Waals surface area contributed by atoms with Crippen molar-refractivity contribution >= 4 is 35.6 Å². The molecule has 0 aliphatic heterocycles. The van der Waals surface area contributed by atoms with Crippen molar-refractivity contribution in [2.75, 3.05) is 7.05 Å². The molecular weight excluding hydrogens is 488 g/mol. The Labute approximate surface area is 176 Å². The van der Waals surface area contributed by atoms with Crippen LogP contribution in [0.4, 0.5) is 13.2 Å². The molecule has 0 aliphatic carbocycles. The van der Waals surface area contributed by atoms with E-state index in [2.05, 4.69) is 30.6 Å². The van der Waals surface area contributed by atoms with Crippen LogP contribution in [0.1, 0.15) is 11.4 Å². The number of halogens is 4. The maximum absolute atomic E-state index is 12.5. The van der Waals surface area contributed by atoms with E-state index in [9.17, 15) is 13.2 Å². The molecule has 0 fully saturated rings. The first kappa shape index (κ1) is 21.7. The van der Waals surface area contributed by atoms with Gasteiger partial charge in [0.15, 0.2) is 17.4 Å². The summed E-state index contributed by atoms with van der Waals surface area (Å²) in [5.41, 5.74) is 1.07. The predicted octanol–water partition coefficient (Wildman–Crippen LogP) is 3.11. The SMILES string of the molecule is CN=C(NCc1ccccc1OC(F)(F)F)NCc1nnc2ccccn12.I. The Morgan fingerprint density at radius 2 is 1.79 bits per heavy atom. The fourth-order valence-electron chi connectivity index (χ4n) is 2.45.